The van der Waals surface area contributed by atoms with E-state index in [2.05, 4.69) is 20.8 Å². The fourth-order valence-electron chi connectivity index (χ4n) is 2.46. The Morgan fingerprint density at radius 2 is 1.56 bits per heavy atom. The van der Waals surface area contributed by atoms with Gasteiger partial charge in [-0.25, -0.2) is 0 Å². The highest BCUT2D eigenvalue weighted by molar-refractivity contribution is 6.17. The lowest BCUT2D eigenvalue weighted by molar-refractivity contribution is -0.115. The van der Waals surface area contributed by atoms with Crippen LogP contribution in [0.5, 0.6) is 0 Å². The van der Waals surface area contributed by atoms with Crippen molar-refractivity contribution in [3.63, 3.8) is 0 Å². The summed E-state index contributed by atoms with van der Waals surface area (Å²) in [6.45, 7) is 10.5. The second-order valence-electron chi connectivity index (χ2n) is 6.28. The van der Waals surface area contributed by atoms with Gasteiger partial charge in [0.05, 0.1) is 0 Å². The second-order valence-corrected chi connectivity index (χ2v) is 6.28. The number of carbonyl (C=O) groups is 2. The van der Waals surface area contributed by atoms with Gasteiger partial charge in [0.25, 0.3) is 0 Å². The zero-order valence-electron chi connectivity index (χ0n) is 10.8. The largest absolute Gasteiger partial charge is 0.290 e. The summed E-state index contributed by atoms with van der Waals surface area (Å²) in [5, 5.41) is 0. The zero-order chi connectivity index (χ0) is 12.6. The number of allylic oxidation sites excluding steroid dienone is 4. The molecule has 0 spiro atoms. The Bertz CT molecular complexity index is 376. The first-order valence-electron chi connectivity index (χ1n) is 5.60. The quantitative estimate of drug-likeness (QED) is 0.670. The van der Waals surface area contributed by atoms with Crippen molar-refractivity contribution in [2.45, 2.75) is 41.0 Å². The van der Waals surface area contributed by atoms with Crippen LogP contribution in [0.25, 0.3) is 0 Å². The third-order valence-electron chi connectivity index (χ3n) is 2.65. The molecule has 0 atom stereocenters. The van der Waals surface area contributed by atoms with Crippen LogP contribution in [0.4, 0.5) is 0 Å². The molecule has 0 fully saturated rings. The van der Waals surface area contributed by atoms with Crippen molar-refractivity contribution in [2.24, 2.45) is 10.8 Å². The van der Waals surface area contributed by atoms with Gasteiger partial charge in [0.1, 0.15) is 0 Å². The van der Waals surface area contributed by atoms with Crippen molar-refractivity contribution >= 4 is 11.6 Å². The van der Waals surface area contributed by atoms with Crippen LogP contribution in [0.15, 0.2) is 23.8 Å². The highest BCUT2D eigenvalue weighted by Gasteiger charge is 2.33. The normalized spacial score (nSPS) is 17.7. The summed E-state index contributed by atoms with van der Waals surface area (Å²) < 4.78 is 0. The third-order valence-corrected chi connectivity index (χ3v) is 2.65. The standard InChI is InChI=1S/C14H20O2/c1-13(2,3)9-14(4,5)11-8-10(15)6-7-12(11)16/h6-8H,9H2,1-5H3. The highest BCUT2D eigenvalue weighted by atomic mass is 16.1. The Morgan fingerprint density at radius 3 is 2.06 bits per heavy atom. The summed E-state index contributed by atoms with van der Waals surface area (Å²) >= 11 is 0. The minimum atomic E-state index is -0.254. The van der Waals surface area contributed by atoms with E-state index in [0.29, 0.717) is 5.57 Å². The van der Waals surface area contributed by atoms with Gasteiger partial charge in [0, 0.05) is 5.57 Å². The van der Waals surface area contributed by atoms with Gasteiger partial charge in [-0.05, 0) is 35.5 Å². The Balaban J connectivity index is 2.99. The van der Waals surface area contributed by atoms with E-state index in [9.17, 15) is 9.59 Å². The molecule has 0 saturated heterocycles. The van der Waals surface area contributed by atoms with Crippen LogP contribution in [0, 0.1) is 10.8 Å². The molecule has 0 aliphatic heterocycles. The number of hydrogen-bond donors (Lipinski definition) is 0. The smallest absolute Gasteiger partial charge is 0.182 e. The predicted octanol–water partition coefficient (Wildman–Crippen LogP) is 3.08. The lowest BCUT2D eigenvalue weighted by Crippen LogP contribution is -2.28. The molecule has 0 aromatic carbocycles. The van der Waals surface area contributed by atoms with E-state index in [4.69, 9.17) is 0 Å². The van der Waals surface area contributed by atoms with Crippen molar-refractivity contribution in [3.8, 4) is 0 Å². The van der Waals surface area contributed by atoms with E-state index in [1.54, 1.807) is 0 Å². The third kappa shape index (κ3) is 3.16. The molecule has 0 aromatic heterocycles. The Morgan fingerprint density at radius 1 is 1.00 bits per heavy atom. The minimum Gasteiger partial charge on any atom is -0.290 e. The van der Waals surface area contributed by atoms with E-state index in [1.807, 2.05) is 13.8 Å². The van der Waals surface area contributed by atoms with Gasteiger partial charge < -0.3 is 0 Å². The molecule has 0 unspecified atom stereocenters. The van der Waals surface area contributed by atoms with E-state index >= 15 is 0 Å². The maximum atomic E-state index is 11.8. The molecule has 16 heavy (non-hydrogen) atoms. The van der Waals surface area contributed by atoms with Gasteiger partial charge >= 0.3 is 0 Å². The second kappa shape index (κ2) is 4.00. The molecular formula is C14H20O2. The Labute approximate surface area is 97.4 Å². The first kappa shape index (κ1) is 12.9. The maximum absolute atomic E-state index is 11.8. The van der Waals surface area contributed by atoms with E-state index in [1.165, 1.54) is 18.2 Å². The fraction of sp³-hybridized carbons (Fsp3) is 0.571. The average Bonchev–Trinajstić information content (AvgIpc) is 2.04. The molecule has 1 aliphatic carbocycles. The number of hydrogen-bond acceptors (Lipinski definition) is 2. The lowest BCUT2D eigenvalue weighted by Gasteiger charge is -2.34. The fourth-order valence-corrected chi connectivity index (χ4v) is 2.46. The maximum Gasteiger partial charge on any atom is 0.182 e. The summed E-state index contributed by atoms with van der Waals surface area (Å²) in [4.78, 5) is 23.1. The summed E-state index contributed by atoms with van der Waals surface area (Å²) in [5.74, 6) is -0.120. The van der Waals surface area contributed by atoms with Gasteiger partial charge in [0.2, 0.25) is 0 Å². The lowest BCUT2D eigenvalue weighted by atomic mass is 9.70. The van der Waals surface area contributed by atoms with Crippen LogP contribution < -0.4 is 0 Å². The Hall–Kier alpha value is -1.18. The van der Waals surface area contributed by atoms with Crippen molar-refractivity contribution in [3.05, 3.63) is 23.8 Å². The van der Waals surface area contributed by atoms with Crippen molar-refractivity contribution in [1.82, 2.24) is 0 Å². The first-order chi connectivity index (χ1) is 7.12. The molecule has 88 valence electrons. The predicted molar refractivity (Wildman–Crippen MR) is 65.1 cm³/mol. The molecule has 0 radical (unpaired) electrons. The van der Waals surface area contributed by atoms with Crippen molar-refractivity contribution in [1.29, 1.82) is 0 Å². The summed E-state index contributed by atoms with van der Waals surface area (Å²) in [6.07, 6.45) is 5.06. The van der Waals surface area contributed by atoms with Crippen LogP contribution in [0.1, 0.15) is 41.0 Å². The van der Waals surface area contributed by atoms with E-state index < -0.39 is 0 Å². The molecule has 0 saturated carbocycles. The highest BCUT2D eigenvalue weighted by Crippen LogP contribution is 2.39. The average molecular weight is 220 g/mol. The van der Waals surface area contributed by atoms with Gasteiger partial charge in [-0.1, -0.05) is 34.6 Å². The van der Waals surface area contributed by atoms with Crippen LogP contribution in [0.3, 0.4) is 0 Å². The van der Waals surface area contributed by atoms with Crippen LogP contribution in [0.2, 0.25) is 0 Å². The van der Waals surface area contributed by atoms with Gasteiger partial charge in [-0.2, -0.15) is 0 Å². The van der Waals surface area contributed by atoms with Crippen LogP contribution in [-0.2, 0) is 9.59 Å². The molecule has 0 amide bonds. The molecule has 1 aliphatic rings. The van der Waals surface area contributed by atoms with Crippen molar-refractivity contribution < 1.29 is 9.59 Å². The SMILES string of the molecule is CC(C)(C)CC(C)(C)C1=CC(=O)C=CC1=O. The molecule has 2 nitrogen and oxygen atoms in total. The van der Waals surface area contributed by atoms with E-state index in [-0.39, 0.29) is 22.4 Å². The monoisotopic (exact) mass is 220 g/mol. The molecule has 0 N–H and O–H groups in total. The topological polar surface area (TPSA) is 34.1 Å². The van der Waals surface area contributed by atoms with Crippen molar-refractivity contribution in [2.75, 3.05) is 0 Å². The summed E-state index contributed by atoms with van der Waals surface area (Å²) in [5.41, 5.74) is 0.514. The minimum absolute atomic E-state index is 0.0335. The molecular weight excluding hydrogens is 200 g/mol. The van der Waals surface area contributed by atoms with Crippen LogP contribution in [-0.4, -0.2) is 11.6 Å². The first-order valence-corrected chi connectivity index (χ1v) is 5.60. The zero-order valence-corrected chi connectivity index (χ0v) is 10.8. The van der Waals surface area contributed by atoms with E-state index in [0.717, 1.165) is 6.42 Å². The number of carbonyl (C=O) groups excluding carboxylic acids is 2. The molecule has 0 aromatic rings. The molecule has 1 rings (SSSR count). The Kier molecular flexibility index (Phi) is 3.22. The van der Waals surface area contributed by atoms with Gasteiger partial charge in [-0.3, -0.25) is 9.59 Å². The van der Waals surface area contributed by atoms with Gasteiger partial charge in [0.15, 0.2) is 11.6 Å². The van der Waals surface area contributed by atoms with Crippen LogP contribution >= 0.6 is 0 Å². The molecule has 2 heteroatoms. The molecule has 0 heterocycles. The summed E-state index contributed by atoms with van der Waals surface area (Å²) in [7, 11) is 0. The number of rotatable bonds is 2. The van der Waals surface area contributed by atoms with Gasteiger partial charge in [-0.15, -0.1) is 0 Å². The summed E-state index contributed by atoms with van der Waals surface area (Å²) in [6, 6.07) is 0. The number of ketones is 2. The molecule has 0 bridgehead atoms.